The summed E-state index contributed by atoms with van der Waals surface area (Å²) >= 11 is 0. The van der Waals surface area contributed by atoms with E-state index in [1.807, 2.05) is 43.5 Å². The molecule has 0 saturated heterocycles. The third-order valence-electron chi connectivity index (χ3n) is 4.53. The summed E-state index contributed by atoms with van der Waals surface area (Å²) in [5.74, 6) is 0.434. The number of halogens is 2. The quantitative estimate of drug-likeness (QED) is 0.213. The predicted molar refractivity (Wildman–Crippen MR) is 128 cm³/mol. The largest absolute Gasteiger partial charge is 0.391 e. The molecule has 0 radical (unpaired) electrons. The number of aromatic nitrogens is 1. The fourth-order valence-corrected chi connectivity index (χ4v) is 3.16. The maximum Gasteiger partial charge on any atom is 0.191 e. The van der Waals surface area contributed by atoms with E-state index in [9.17, 15) is 9.50 Å². The predicted octanol–water partition coefficient (Wildman–Crippen LogP) is 3.63. The standard InChI is InChI=1S/C22H27FN4O.HI/c1-2-24-22(27-15-19(28)12-16-6-4-3-5-7-16)25-11-10-17-14-26-21-9-8-18(23)13-20(17)21;/h3-9,13-14,19,26,28H,2,10-12,15H2,1H3,(H2,24,25,27);1H. The molecule has 3 rings (SSSR count). The van der Waals surface area contributed by atoms with Crippen LogP contribution in [0.2, 0.25) is 0 Å². The minimum absolute atomic E-state index is 0. The molecule has 3 aromatic rings. The van der Waals surface area contributed by atoms with Gasteiger partial charge in [0.25, 0.3) is 0 Å². The monoisotopic (exact) mass is 510 g/mol. The third-order valence-corrected chi connectivity index (χ3v) is 4.53. The molecule has 156 valence electrons. The molecule has 0 bridgehead atoms. The number of aliphatic hydroxyl groups is 1. The lowest BCUT2D eigenvalue weighted by atomic mass is 10.1. The first-order valence-electron chi connectivity index (χ1n) is 9.65. The highest BCUT2D eigenvalue weighted by atomic mass is 127. The Labute approximate surface area is 187 Å². The van der Waals surface area contributed by atoms with Gasteiger partial charge in [0.2, 0.25) is 0 Å². The molecule has 0 aliphatic carbocycles. The van der Waals surface area contributed by atoms with Gasteiger partial charge in [0, 0.05) is 36.6 Å². The summed E-state index contributed by atoms with van der Waals surface area (Å²) in [7, 11) is 0. The van der Waals surface area contributed by atoms with Crippen LogP contribution >= 0.6 is 24.0 Å². The van der Waals surface area contributed by atoms with E-state index in [1.165, 1.54) is 6.07 Å². The van der Waals surface area contributed by atoms with Gasteiger partial charge in [-0.1, -0.05) is 30.3 Å². The molecule has 2 aromatic carbocycles. The SMILES string of the molecule is CCNC(=NCC(O)Cc1ccccc1)NCCc1c[nH]c2ccc(F)cc12.I. The van der Waals surface area contributed by atoms with Crippen LogP contribution in [0.1, 0.15) is 18.1 Å². The number of guanidine groups is 1. The van der Waals surface area contributed by atoms with Gasteiger partial charge in [-0.25, -0.2) is 4.39 Å². The molecule has 0 saturated carbocycles. The summed E-state index contributed by atoms with van der Waals surface area (Å²) in [4.78, 5) is 7.65. The van der Waals surface area contributed by atoms with E-state index in [0.29, 0.717) is 25.5 Å². The summed E-state index contributed by atoms with van der Waals surface area (Å²) in [5, 5.41) is 17.6. The molecule has 1 heterocycles. The van der Waals surface area contributed by atoms with Crippen LogP contribution in [-0.4, -0.2) is 41.8 Å². The van der Waals surface area contributed by atoms with E-state index in [-0.39, 0.29) is 29.8 Å². The van der Waals surface area contributed by atoms with Crippen molar-refractivity contribution in [3.63, 3.8) is 0 Å². The van der Waals surface area contributed by atoms with Crippen LogP contribution in [0.4, 0.5) is 4.39 Å². The number of fused-ring (bicyclic) bond motifs is 1. The molecule has 0 fully saturated rings. The second kappa shape index (κ2) is 11.8. The Morgan fingerprint density at radius 1 is 1.17 bits per heavy atom. The van der Waals surface area contributed by atoms with E-state index < -0.39 is 6.10 Å². The van der Waals surface area contributed by atoms with Crippen molar-refractivity contribution in [2.75, 3.05) is 19.6 Å². The highest BCUT2D eigenvalue weighted by Gasteiger charge is 2.07. The molecule has 29 heavy (non-hydrogen) atoms. The number of aliphatic hydroxyl groups excluding tert-OH is 1. The van der Waals surface area contributed by atoms with Crippen LogP contribution < -0.4 is 10.6 Å². The summed E-state index contributed by atoms with van der Waals surface area (Å²) in [6.45, 7) is 3.71. The molecule has 7 heteroatoms. The molecule has 0 aliphatic heterocycles. The lowest BCUT2D eigenvalue weighted by Crippen LogP contribution is -2.39. The van der Waals surface area contributed by atoms with Crippen molar-refractivity contribution in [1.29, 1.82) is 0 Å². The minimum atomic E-state index is -0.533. The van der Waals surface area contributed by atoms with Crippen LogP contribution in [0, 0.1) is 5.82 Å². The number of hydrogen-bond donors (Lipinski definition) is 4. The van der Waals surface area contributed by atoms with E-state index in [4.69, 9.17) is 0 Å². The van der Waals surface area contributed by atoms with Gasteiger partial charge in [0.1, 0.15) is 5.82 Å². The third kappa shape index (κ3) is 7.01. The van der Waals surface area contributed by atoms with Gasteiger partial charge in [-0.2, -0.15) is 0 Å². The molecular weight excluding hydrogens is 482 g/mol. The lowest BCUT2D eigenvalue weighted by Gasteiger charge is -2.13. The van der Waals surface area contributed by atoms with Crippen LogP contribution in [0.25, 0.3) is 10.9 Å². The second-order valence-electron chi connectivity index (χ2n) is 6.74. The number of nitrogens with one attached hydrogen (secondary N) is 3. The Balaban J connectivity index is 0.00000300. The average molecular weight is 510 g/mol. The first-order valence-corrected chi connectivity index (χ1v) is 9.65. The van der Waals surface area contributed by atoms with Gasteiger partial charge >= 0.3 is 0 Å². The zero-order valence-corrected chi connectivity index (χ0v) is 18.8. The van der Waals surface area contributed by atoms with Gasteiger partial charge in [-0.05, 0) is 42.7 Å². The smallest absolute Gasteiger partial charge is 0.191 e. The van der Waals surface area contributed by atoms with Crippen molar-refractivity contribution >= 4 is 40.8 Å². The maximum atomic E-state index is 13.5. The van der Waals surface area contributed by atoms with Gasteiger partial charge in [-0.3, -0.25) is 4.99 Å². The molecule has 1 aromatic heterocycles. The Bertz CT molecular complexity index is 914. The fraction of sp³-hybridized carbons (Fsp3) is 0.318. The Hall–Kier alpha value is -2.13. The number of H-pyrrole nitrogens is 1. The van der Waals surface area contributed by atoms with E-state index in [1.54, 1.807) is 12.1 Å². The van der Waals surface area contributed by atoms with Gasteiger partial charge in [-0.15, -0.1) is 24.0 Å². The van der Waals surface area contributed by atoms with E-state index >= 15 is 0 Å². The second-order valence-corrected chi connectivity index (χ2v) is 6.74. The summed E-state index contributed by atoms with van der Waals surface area (Å²) < 4.78 is 13.5. The van der Waals surface area contributed by atoms with Crippen LogP contribution in [0.15, 0.2) is 59.7 Å². The molecule has 0 aliphatic rings. The first-order chi connectivity index (χ1) is 13.7. The van der Waals surface area contributed by atoms with Gasteiger partial charge < -0.3 is 20.7 Å². The first kappa shape index (κ1) is 23.2. The summed E-state index contributed by atoms with van der Waals surface area (Å²) in [6, 6.07) is 14.7. The average Bonchev–Trinajstić information content (AvgIpc) is 3.09. The number of aromatic amines is 1. The minimum Gasteiger partial charge on any atom is -0.391 e. The number of benzene rings is 2. The van der Waals surface area contributed by atoms with Crippen molar-refractivity contribution in [2.45, 2.75) is 25.9 Å². The van der Waals surface area contributed by atoms with Gasteiger partial charge in [0.05, 0.1) is 12.6 Å². The fourth-order valence-electron chi connectivity index (χ4n) is 3.16. The van der Waals surface area contributed by atoms with Crippen molar-refractivity contribution in [3.05, 3.63) is 71.7 Å². The number of aliphatic imine (C=N–C) groups is 1. The maximum absolute atomic E-state index is 13.5. The lowest BCUT2D eigenvalue weighted by molar-refractivity contribution is 0.183. The molecule has 4 N–H and O–H groups in total. The van der Waals surface area contributed by atoms with Crippen LogP contribution in [0.3, 0.4) is 0 Å². The number of nitrogens with zero attached hydrogens (tertiary/aromatic N) is 1. The van der Waals surface area contributed by atoms with Crippen LogP contribution in [-0.2, 0) is 12.8 Å². The van der Waals surface area contributed by atoms with Crippen LogP contribution in [0.5, 0.6) is 0 Å². The Morgan fingerprint density at radius 3 is 2.72 bits per heavy atom. The zero-order valence-electron chi connectivity index (χ0n) is 16.5. The molecule has 0 amide bonds. The Morgan fingerprint density at radius 2 is 1.97 bits per heavy atom. The summed E-state index contributed by atoms with van der Waals surface area (Å²) in [6.07, 6.45) is 2.69. The van der Waals surface area contributed by atoms with Crippen molar-refractivity contribution in [2.24, 2.45) is 4.99 Å². The molecule has 1 atom stereocenters. The van der Waals surface area contributed by atoms with Crippen molar-refractivity contribution < 1.29 is 9.50 Å². The van der Waals surface area contributed by atoms with E-state index in [2.05, 4.69) is 20.6 Å². The molecule has 5 nitrogen and oxygen atoms in total. The molecular formula is C22H28FIN4O. The normalized spacial score (nSPS) is 12.4. The Kier molecular flexibility index (Phi) is 9.40. The number of hydrogen-bond acceptors (Lipinski definition) is 2. The zero-order chi connectivity index (χ0) is 19.8. The van der Waals surface area contributed by atoms with Crippen molar-refractivity contribution in [1.82, 2.24) is 15.6 Å². The highest BCUT2D eigenvalue weighted by Crippen LogP contribution is 2.19. The molecule has 1 unspecified atom stereocenters. The summed E-state index contributed by atoms with van der Waals surface area (Å²) in [5.41, 5.74) is 3.08. The van der Waals surface area contributed by atoms with Crippen molar-refractivity contribution in [3.8, 4) is 0 Å². The highest BCUT2D eigenvalue weighted by molar-refractivity contribution is 14.0. The van der Waals surface area contributed by atoms with Gasteiger partial charge in [0.15, 0.2) is 5.96 Å². The molecule has 0 spiro atoms. The number of rotatable bonds is 8. The van der Waals surface area contributed by atoms with E-state index in [0.717, 1.165) is 35.0 Å². The topological polar surface area (TPSA) is 72.4 Å².